The van der Waals surface area contributed by atoms with Crippen LogP contribution in [-0.4, -0.2) is 42.1 Å². The van der Waals surface area contributed by atoms with Crippen molar-refractivity contribution in [2.75, 3.05) is 14.2 Å². The number of piperidine rings is 1. The van der Waals surface area contributed by atoms with Gasteiger partial charge in [0.2, 0.25) is 0 Å². The molecule has 2 bridgehead atoms. The summed E-state index contributed by atoms with van der Waals surface area (Å²) in [5.74, 6) is 0.380. The summed E-state index contributed by atoms with van der Waals surface area (Å²) in [6.07, 6.45) is 5.40. The van der Waals surface area contributed by atoms with Crippen molar-refractivity contribution in [3.63, 3.8) is 0 Å². The Balaban J connectivity index is 1.68. The maximum atomic E-state index is 11.3. The number of aromatic nitrogens is 1. The van der Waals surface area contributed by atoms with Crippen LogP contribution in [0.25, 0.3) is 0 Å². The van der Waals surface area contributed by atoms with Gasteiger partial charge in [0.05, 0.1) is 24.2 Å². The molecule has 3 heterocycles. The lowest BCUT2D eigenvalue weighted by Crippen LogP contribution is -2.39. The zero-order chi connectivity index (χ0) is 13.4. The summed E-state index contributed by atoms with van der Waals surface area (Å²) in [4.78, 5) is 18.4. The van der Waals surface area contributed by atoms with Crippen molar-refractivity contribution >= 4 is 17.3 Å². The van der Waals surface area contributed by atoms with E-state index in [9.17, 15) is 4.79 Å². The van der Waals surface area contributed by atoms with Crippen LogP contribution in [0.3, 0.4) is 0 Å². The van der Waals surface area contributed by atoms with Gasteiger partial charge in [-0.25, -0.2) is 4.98 Å². The van der Waals surface area contributed by atoms with Crippen LogP contribution in [0, 0.1) is 0 Å². The largest absolute Gasteiger partial charge is 0.469 e. The number of ether oxygens (including phenoxy) is 1. The van der Waals surface area contributed by atoms with Gasteiger partial charge in [0, 0.05) is 23.4 Å². The third kappa shape index (κ3) is 2.54. The molecule has 4 nitrogen and oxygen atoms in total. The second-order valence-corrected chi connectivity index (χ2v) is 6.54. The molecule has 2 aliphatic heterocycles. The predicted octanol–water partition coefficient (Wildman–Crippen LogP) is 2.20. The van der Waals surface area contributed by atoms with E-state index >= 15 is 0 Å². The van der Waals surface area contributed by atoms with Crippen LogP contribution in [0.15, 0.2) is 5.38 Å². The fourth-order valence-electron chi connectivity index (χ4n) is 3.42. The molecule has 2 fully saturated rings. The van der Waals surface area contributed by atoms with Crippen LogP contribution in [-0.2, 0) is 16.0 Å². The summed E-state index contributed by atoms with van der Waals surface area (Å²) >= 11 is 1.70. The number of thiazole rings is 1. The number of fused-ring (bicyclic) bond motifs is 2. The summed E-state index contributed by atoms with van der Waals surface area (Å²) in [5, 5.41) is 3.22. The van der Waals surface area contributed by atoms with Gasteiger partial charge < -0.3 is 9.64 Å². The summed E-state index contributed by atoms with van der Waals surface area (Å²) in [6.45, 7) is 0. The van der Waals surface area contributed by atoms with E-state index in [-0.39, 0.29) is 5.97 Å². The number of methoxy groups -OCH3 is 1. The van der Waals surface area contributed by atoms with Crippen LogP contribution in [0.5, 0.6) is 0 Å². The van der Waals surface area contributed by atoms with Gasteiger partial charge >= 0.3 is 5.97 Å². The van der Waals surface area contributed by atoms with E-state index in [2.05, 4.69) is 21.7 Å². The Morgan fingerprint density at radius 2 is 2.16 bits per heavy atom. The van der Waals surface area contributed by atoms with Gasteiger partial charge in [-0.1, -0.05) is 0 Å². The minimum atomic E-state index is -0.208. The van der Waals surface area contributed by atoms with Crippen molar-refractivity contribution in [2.24, 2.45) is 0 Å². The van der Waals surface area contributed by atoms with E-state index in [1.54, 1.807) is 11.3 Å². The van der Waals surface area contributed by atoms with Gasteiger partial charge in [-0.3, -0.25) is 4.79 Å². The average molecular weight is 280 g/mol. The maximum absolute atomic E-state index is 11.3. The Labute approximate surface area is 117 Å². The van der Waals surface area contributed by atoms with Crippen molar-refractivity contribution in [2.45, 2.75) is 50.1 Å². The Morgan fingerprint density at radius 3 is 2.79 bits per heavy atom. The quantitative estimate of drug-likeness (QED) is 0.796. The first-order valence-corrected chi connectivity index (χ1v) is 7.78. The monoisotopic (exact) mass is 280 g/mol. The lowest BCUT2D eigenvalue weighted by molar-refractivity contribution is -0.139. The Morgan fingerprint density at radius 1 is 1.47 bits per heavy atom. The van der Waals surface area contributed by atoms with Crippen molar-refractivity contribution in [1.29, 1.82) is 0 Å². The van der Waals surface area contributed by atoms with Gasteiger partial charge in [-0.15, -0.1) is 11.3 Å². The molecule has 0 saturated carbocycles. The molecule has 5 heteroatoms. The summed E-state index contributed by atoms with van der Waals surface area (Å²) < 4.78 is 4.69. The summed E-state index contributed by atoms with van der Waals surface area (Å²) in [7, 11) is 3.67. The molecular formula is C14H20N2O2S. The molecule has 19 heavy (non-hydrogen) atoms. The molecule has 104 valence electrons. The number of carbonyl (C=O) groups excluding carboxylic acids is 1. The number of nitrogens with zero attached hydrogens (tertiary/aromatic N) is 2. The van der Waals surface area contributed by atoms with Crippen LogP contribution < -0.4 is 0 Å². The lowest BCUT2D eigenvalue weighted by atomic mass is 9.92. The van der Waals surface area contributed by atoms with E-state index in [4.69, 9.17) is 0 Å². The molecule has 2 unspecified atom stereocenters. The minimum absolute atomic E-state index is 0.208. The van der Waals surface area contributed by atoms with Gasteiger partial charge in [0.15, 0.2) is 0 Å². The second-order valence-electron chi connectivity index (χ2n) is 5.65. The first kappa shape index (κ1) is 13.1. The molecule has 1 aromatic heterocycles. The van der Waals surface area contributed by atoms with Crippen molar-refractivity contribution < 1.29 is 9.53 Å². The Hall–Kier alpha value is -0.940. The topological polar surface area (TPSA) is 42.4 Å². The lowest BCUT2D eigenvalue weighted by Gasteiger charge is -2.35. The zero-order valence-electron chi connectivity index (χ0n) is 11.5. The fraction of sp³-hybridized carbons (Fsp3) is 0.714. The van der Waals surface area contributed by atoms with Gasteiger partial charge in [0.1, 0.15) is 0 Å². The average Bonchev–Trinajstić information content (AvgIpc) is 2.92. The number of hydrogen-bond acceptors (Lipinski definition) is 5. The third-order valence-electron chi connectivity index (χ3n) is 4.57. The highest BCUT2D eigenvalue weighted by molar-refractivity contribution is 7.09. The summed E-state index contributed by atoms with van der Waals surface area (Å²) in [5.41, 5.74) is 0.859. The van der Waals surface area contributed by atoms with Crippen molar-refractivity contribution in [3.8, 4) is 0 Å². The molecule has 0 amide bonds. The maximum Gasteiger partial charge on any atom is 0.311 e. The first-order valence-electron chi connectivity index (χ1n) is 6.90. The third-order valence-corrected chi connectivity index (χ3v) is 5.63. The number of hydrogen-bond donors (Lipinski definition) is 0. The summed E-state index contributed by atoms with van der Waals surface area (Å²) in [6, 6.07) is 1.47. The number of carbonyl (C=O) groups is 1. The zero-order valence-corrected chi connectivity index (χ0v) is 12.3. The number of esters is 1. The first-order chi connectivity index (χ1) is 9.17. The smallest absolute Gasteiger partial charge is 0.311 e. The highest BCUT2D eigenvalue weighted by atomic mass is 32.1. The fourth-order valence-corrected chi connectivity index (χ4v) is 4.37. The number of rotatable bonds is 3. The van der Waals surface area contributed by atoms with Crippen molar-refractivity contribution in [1.82, 2.24) is 9.88 Å². The highest BCUT2D eigenvalue weighted by Crippen LogP contribution is 2.42. The van der Waals surface area contributed by atoms with Gasteiger partial charge in [0.25, 0.3) is 0 Å². The Kier molecular flexibility index (Phi) is 3.58. The molecule has 0 aliphatic carbocycles. The van der Waals surface area contributed by atoms with Crippen LogP contribution in [0.1, 0.15) is 42.3 Å². The molecule has 0 aromatic carbocycles. The van der Waals surface area contributed by atoms with E-state index in [0.717, 1.165) is 17.8 Å². The molecule has 3 rings (SSSR count). The standard InChI is InChI=1S/C14H20N2O2S/c1-16-11-3-4-12(16)6-9(5-11)14-15-10(8-19-14)7-13(17)18-2/h8-9,11-12H,3-7H2,1-2H3. The van der Waals surface area contributed by atoms with Crippen LogP contribution in [0.2, 0.25) is 0 Å². The molecule has 0 N–H and O–H groups in total. The van der Waals surface area contributed by atoms with E-state index in [0.29, 0.717) is 12.3 Å². The molecule has 2 saturated heterocycles. The van der Waals surface area contributed by atoms with Crippen LogP contribution in [0.4, 0.5) is 0 Å². The normalized spacial score (nSPS) is 30.5. The molecular weight excluding hydrogens is 260 g/mol. The molecule has 0 radical (unpaired) electrons. The molecule has 0 spiro atoms. The van der Waals surface area contributed by atoms with E-state index in [1.165, 1.54) is 37.8 Å². The van der Waals surface area contributed by atoms with Crippen molar-refractivity contribution in [3.05, 3.63) is 16.1 Å². The van der Waals surface area contributed by atoms with E-state index in [1.807, 2.05) is 5.38 Å². The van der Waals surface area contributed by atoms with Crippen LogP contribution >= 0.6 is 11.3 Å². The van der Waals surface area contributed by atoms with Gasteiger partial charge in [-0.2, -0.15) is 0 Å². The van der Waals surface area contributed by atoms with E-state index < -0.39 is 0 Å². The SMILES string of the molecule is COC(=O)Cc1csc(C2CC3CCC(C2)N3C)n1. The minimum Gasteiger partial charge on any atom is -0.469 e. The molecule has 2 aliphatic rings. The molecule has 2 atom stereocenters. The molecule has 1 aromatic rings. The predicted molar refractivity (Wildman–Crippen MR) is 74.4 cm³/mol. The highest BCUT2D eigenvalue weighted by Gasteiger charge is 2.39. The Bertz CT molecular complexity index is 460. The van der Waals surface area contributed by atoms with Gasteiger partial charge in [-0.05, 0) is 32.7 Å². The second kappa shape index (κ2) is 5.21.